The molecule has 0 bridgehead atoms. The molecule has 6 heteroatoms. The fraction of sp³-hybridized carbons (Fsp3) is 0.818. The number of ketones is 1. The first-order chi connectivity index (χ1) is 7.79. The van der Waals surface area contributed by atoms with Gasteiger partial charge in [0.25, 0.3) is 0 Å². The zero-order valence-electron chi connectivity index (χ0n) is 10.8. The molecule has 0 radical (unpaired) electrons. The van der Waals surface area contributed by atoms with Crippen LogP contribution in [0.3, 0.4) is 0 Å². The molecule has 2 atom stereocenters. The lowest BCUT2D eigenvalue weighted by atomic mass is 9.81. The van der Waals surface area contributed by atoms with Crippen molar-refractivity contribution in [1.29, 1.82) is 0 Å². The molecular weight excluding hydrogens is 256 g/mol. The van der Waals surface area contributed by atoms with Crippen LogP contribution in [0.4, 0.5) is 0 Å². The van der Waals surface area contributed by atoms with Gasteiger partial charge >= 0.3 is 0 Å². The maximum Gasteiger partial charge on any atom is 0.226 e. The quantitative estimate of drug-likeness (QED) is 0.514. The van der Waals surface area contributed by atoms with Crippen LogP contribution in [0.1, 0.15) is 20.3 Å². The van der Waals surface area contributed by atoms with Gasteiger partial charge in [-0.05, 0) is 20.9 Å². The van der Waals surface area contributed by atoms with E-state index in [2.05, 4.69) is 35.9 Å². The van der Waals surface area contributed by atoms with E-state index in [9.17, 15) is 9.59 Å². The van der Waals surface area contributed by atoms with E-state index in [4.69, 9.17) is 0 Å². The van der Waals surface area contributed by atoms with E-state index < -0.39 is 11.0 Å². The Morgan fingerprint density at radius 3 is 1.94 bits per heavy atom. The Balaban J connectivity index is 4.92. The first kappa shape index (κ1) is 16.8. The maximum atomic E-state index is 12.2. The van der Waals surface area contributed by atoms with Crippen LogP contribution in [-0.4, -0.2) is 42.8 Å². The van der Waals surface area contributed by atoms with Crippen molar-refractivity contribution in [3.05, 3.63) is 0 Å². The van der Waals surface area contributed by atoms with E-state index in [0.717, 1.165) is 0 Å². The molecule has 1 amide bonds. The van der Waals surface area contributed by atoms with Gasteiger partial charge in [-0.3, -0.25) is 9.59 Å². The van der Waals surface area contributed by atoms with Crippen molar-refractivity contribution in [2.75, 3.05) is 25.6 Å². The van der Waals surface area contributed by atoms with Crippen LogP contribution >= 0.6 is 25.3 Å². The van der Waals surface area contributed by atoms with E-state index in [1.54, 1.807) is 27.9 Å². The van der Waals surface area contributed by atoms with E-state index >= 15 is 0 Å². The molecule has 2 N–H and O–H groups in total. The third-order valence-corrected chi connectivity index (χ3v) is 4.49. The molecule has 4 nitrogen and oxygen atoms in total. The molecule has 17 heavy (non-hydrogen) atoms. The predicted octanol–water partition coefficient (Wildman–Crippen LogP) is 0.536. The zero-order valence-corrected chi connectivity index (χ0v) is 12.6. The lowest BCUT2D eigenvalue weighted by molar-refractivity contribution is -0.135. The second-order valence-corrected chi connectivity index (χ2v) is 5.27. The molecule has 0 aromatic carbocycles. The Kier molecular flexibility index (Phi) is 6.58. The second kappa shape index (κ2) is 6.66. The Bertz CT molecular complexity index is 293. The Morgan fingerprint density at radius 1 is 1.12 bits per heavy atom. The number of hydrogen-bond acceptors (Lipinski definition) is 5. The van der Waals surface area contributed by atoms with Gasteiger partial charge in [0.15, 0.2) is 5.78 Å². The molecule has 0 unspecified atom stereocenters. The normalized spacial score (nSPS) is 18.0. The van der Waals surface area contributed by atoms with Crippen molar-refractivity contribution in [2.45, 2.75) is 25.8 Å². The Morgan fingerprint density at radius 2 is 1.65 bits per heavy atom. The summed E-state index contributed by atoms with van der Waals surface area (Å²) in [6, 6.07) is 0. The van der Waals surface area contributed by atoms with Gasteiger partial charge in [0.05, 0.1) is 11.0 Å². The van der Waals surface area contributed by atoms with Gasteiger partial charge in [0.2, 0.25) is 5.91 Å². The molecule has 0 aliphatic carbocycles. The molecule has 100 valence electrons. The number of nitrogens with one attached hydrogen (secondary N) is 2. The minimum absolute atomic E-state index is 0.0323. The summed E-state index contributed by atoms with van der Waals surface area (Å²) in [6.07, 6.45) is 0.147. The van der Waals surface area contributed by atoms with Crippen LogP contribution < -0.4 is 10.6 Å². The van der Waals surface area contributed by atoms with Crippen LogP contribution in [0, 0.1) is 5.41 Å². The summed E-state index contributed by atoms with van der Waals surface area (Å²) in [4.78, 5) is 23.9. The summed E-state index contributed by atoms with van der Waals surface area (Å²) in [6.45, 7) is 3.52. The molecule has 0 saturated heterocycles. The van der Waals surface area contributed by atoms with Crippen molar-refractivity contribution in [1.82, 2.24) is 10.6 Å². The standard InChI is InChI=1S/C11H22N2O2S2/c1-10(6-16,9(15)12-3)5-8(14)11(2,7-17)13-4/h13,16-17H,5-7H2,1-4H3,(H,12,15)/t10-,11+/m0/s1. The van der Waals surface area contributed by atoms with Gasteiger partial charge in [-0.15, -0.1) is 0 Å². The number of hydrogen-bond donors (Lipinski definition) is 4. The number of carbonyl (C=O) groups excluding carboxylic acids is 2. The minimum Gasteiger partial charge on any atom is -0.359 e. The number of likely N-dealkylation sites (N-methyl/N-ethyl adjacent to an activating group) is 1. The first-order valence-corrected chi connectivity index (χ1v) is 6.72. The minimum atomic E-state index is -0.782. The first-order valence-electron chi connectivity index (χ1n) is 5.45. The largest absolute Gasteiger partial charge is 0.359 e. The van der Waals surface area contributed by atoms with E-state index in [1.807, 2.05) is 0 Å². The molecule has 0 aliphatic heterocycles. The van der Waals surface area contributed by atoms with Crippen LogP contribution in [0.5, 0.6) is 0 Å². The van der Waals surface area contributed by atoms with Gasteiger partial charge in [0, 0.05) is 25.0 Å². The van der Waals surface area contributed by atoms with Crippen molar-refractivity contribution in [3.63, 3.8) is 0 Å². The molecule has 0 fully saturated rings. The van der Waals surface area contributed by atoms with E-state index in [0.29, 0.717) is 11.5 Å². The topological polar surface area (TPSA) is 58.2 Å². The summed E-state index contributed by atoms with van der Waals surface area (Å²) in [5.74, 6) is 0.511. The van der Waals surface area contributed by atoms with Gasteiger partial charge < -0.3 is 10.6 Å². The van der Waals surface area contributed by atoms with Crippen molar-refractivity contribution < 1.29 is 9.59 Å². The SMILES string of the molecule is CNC(=O)[C@](C)(CS)CC(=O)[C@@](C)(CS)NC. The predicted molar refractivity (Wildman–Crippen MR) is 77.0 cm³/mol. The van der Waals surface area contributed by atoms with Crippen LogP contribution in [0.15, 0.2) is 0 Å². The summed E-state index contributed by atoms with van der Waals surface area (Å²) in [5, 5.41) is 5.52. The number of Topliss-reactive ketones (excluding diaryl/α,β-unsaturated/α-hetero) is 1. The van der Waals surface area contributed by atoms with Gasteiger partial charge in [-0.2, -0.15) is 25.3 Å². The third-order valence-electron chi connectivity index (χ3n) is 3.16. The molecule has 0 aromatic rings. The summed E-state index contributed by atoms with van der Waals surface area (Å²) in [7, 11) is 3.27. The van der Waals surface area contributed by atoms with E-state index in [1.165, 1.54) is 0 Å². The second-order valence-electron chi connectivity index (χ2n) is 4.64. The van der Waals surface area contributed by atoms with Crippen LogP contribution in [0.2, 0.25) is 0 Å². The average Bonchev–Trinajstić information content (AvgIpc) is 2.36. The number of carbonyl (C=O) groups is 2. The molecular formula is C11H22N2O2S2. The highest BCUT2D eigenvalue weighted by Crippen LogP contribution is 2.26. The summed E-state index contributed by atoms with van der Waals surface area (Å²) >= 11 is 8.34. The van der Waals surface area contributed by atoms with Crippen molar-refractivity contribution >= 4 is 36.9 Å². The van der Waals surface area contributed by atoms with Crippen molar-refractivity contribution in [2.24, 2.45) is 5.41 Å². The average molecular weight is 278 g/mol. The summed E-state index contributed by atoms with van der Waals surface area (Å²) in [5.41, 5.74) is -1.49. The highest BCUT2D eigenvalue weighted by molar-refractivity contribution is 7.80. The third kappa shape index (κ3) is 3.89. The molecule has 0 spiro atoms. The Hall–Kier alpha value is -0.200. The zero-order chi connectivity index (χ0) is 13.7. The Labute approximate surface area is 114 Å². The lowest BCUT2D eigenvalue weighted by Gasteiger charge is -2.31. The fourth-order valence-corrected chi connectivity index (χ4v) is 1.96. The molecule has 0 aromatic heterocycles. The summed E-state index contributed by atoms with van der Waals surface area (Å²) < 4.78 is 0. The van der Waals surface area contributed by atoms with Crippen LogP contribution in [-0.2, 0) is 9.59 Å². The lowest BCUT2D eigenvalue weighted by Crippen LogP contribution is -2.52. The molecule has 0 heterocycles. The van der Waals surface area contributed by atoms with Crippen molar-refractivity contribution in [3.8, 4) is 0 Å². The fourth-order valence-electron chi connectivity index (χ4n) is 1.37. The molecule has 0 rings (SSSR count). The number of amides is 1. The monoisotopic (exact) mass is 278 g/mol. The van der Waals surface area contributed by atoms with Gasteiger partial charge in [-0.1, -0.05) is 0 Å². The van der Waals surface area contributed by atoms with Crippen LogP contribution in [0.25, 0.3) is 0 Å². The smallest absolute Gasteiger partial charge is 0.226 e. The molecule has 0 aliphatic rings. The number of thiol groups is 2. The van der Waals surface area contributed by atoms with Gasteiger partial charge in [0.1, 0.15) is 0 Å². The molecule has 0 saturated carbocycles. The highest BCUT2D eigenvalue weighted by atomic mass is 32.1. The maximum absolute atomic E-state index is 12.2. The highest BCUT2D eigenvalue weighted by Gasteiger charge is 2.39. The van der Waals surface area contributed by atoms with E-state index in [-0.39, 0.29) is 18.1 Å². The number of rotatable bonds is 7. The van der Waals surface area contributed by atoms with Gasteiger partial charge in [-0.25, -0.2) is 0 Å².